The highest BCUT2D eigenvalue weighted by Crippen LogP contribution is 2.19. The summed E-state index contributed by atoms with van der Waals surface area (Å²) in [4.78, 5) is 36.8. The van der Waals surface area contributed by atoms with Crippen LogP contribution in [0.2, 0.25) is 0 Å². The summed E-state index contributed by atoms with van der Waals surface area (Å²) in [5.41, 5.74) is 9.47. The van der Waals surface area contributed by atoms with Crippen LogP contribution in [-0.2, 0) is 35.8 Å². The Morgan fingerprint density at radius 2 is 1.80 bits per heavy atom. The second-order valence-corrected chi connectivity index (χ2v) is 7.77. The number of rotatable bonds is 10. The van der Waals surface area contributed by atoms with Gasteiger partial charge in [-0.3, -0.25) is 0 Å². The SMILES string of the molecule is NCc1cccc(CNc2ncnc3c2ncn3C[C@@H](NC(=O)OCc2ccccc2)C(=O)O)c1. The van der Waals surface area contributed by atoms with Crippen molar-refractivity contribution in [2.75, 3.05) is 5.32 Å². The third-order valence-electron chi connectivity index (χ3n) is 5.27. The first-order chi connectivity index (χ1) is 17.0. The second-order valence-electron chi connectivity index (χ2n) is 7.77. The lowest BCUT2D eigenvalue weighted by Crippen LogP contribution is -2.43. The minimum absolute atomic E-state index is 0.0312. The van der Waals surface area contributed by atoms with E-state index in [9.17, 15) is 14.7 Å². The average Bonchev–Trinajstić information content (AvgIpc) is 3.30. The highest BCUT2D eigenvalue weighted by molar-refractivity contribution is 5.83. The summed E-state index contributed by atoms with van der Waals surface area (Å²) >= 11 is 0. The first-order valence-corrected chi connectivity index (χ1v) is 10.9. The number of nitrogens with one attached hydrogen (secondary N) is 2. The molecule has 180 valence electrons. The topological polar surface area (TPSA) is 157 Å². The van der Waals surface area contributed by atoms with Gasteiger partial charge in [-0.05, 0) is 16.7 Å². The second kappa shape index (κ2) is 11.1. The largest absolute Gasteiger partial charge is 0.480 e. The lowest BCUT2D eigenvalue weighted by atomic mass is 10.1. The number of ether oxygens (including phenoxy) is 1. The maximum atomic E-state index is 12.2. The number of carboxylic acid groups (broad SMARTS) is 1. The number of nitrogens with two attached hydrogens (primary N) is 1. The number of anilines is 1. The Balaban J connectivity index is 1.42. The number of hydrogen-bond acceptors (Lipinski definition) is 8. The molecule has 0 saturated heterocycles. The molecule has 0 fully saturated rings. The van der Waals surface area contributed by atoms with Crippen molar-refractivity contribution in [1.82, 2.24) is 24.8 Å². The number of benzene rings is 2. The van der Waals surface area contributed by atoms with E-state index < -0.39 is 18.1 Å². The van der Waals surface area contributed by atoms with Gasteiger partial charge < -0.3 is 30.8 Å². The molecule has 0 saturated carbocycles. The fraction of sp³-hybridized carbons (Fsp3) is 0.208. The van der Waals surface area contributed by atoms with Gasteiger partial charge in [0.2, 0.25) is 0 Å². The summed E-state index contributed by atoms with van der Waals surface area (Å²) in [7, 11) is 0. The number of carboxylic acids is 1. The Morgan fingerprint density at radius 3 is 2.57 bits per heavy atom. The monoisotopic (exact) mass is 475 g/mol. The molecular formula is C24H25N7O4. The van der Waals surface area contributed by atoms with Gasteiger partial charge in [-0.25, -0.2) is 24.5 Å². The molecule has 0 aliphatic rings. The quantitative estimate of drug-likeness (QED) is 0.270. The van der Waals surface area contributed by atoms with Gasteiger partial charge in [0, 0.05) is 13.1 Å². The first kappa shape index (κ1) is 23.6. The Labute approximate surface area is 201 Å². The Hall–Kier alpha value is -4.51. The number of alkyl carbamates (subject to hydrolysis) is 1. The third-order valence-corrected chi connectivity index (χ3v) is 5.27. The normalized spacial score (nSPS) is 11.7. The molecule has 0 spiro atoms. The summed E-state index contributed by atoms with van der Waals surface area (Å²) in [6, 6.07) is 15.7. The van der Waals surface area contributed by atoms with Crippen LogP contribution >= 0.6 is 0 Å². The van der Waals surface area contributed by atoms with Crippen molar-refractivity contribution in [2.24, 2.45) is 5.73 Å². The van der Waals surface area contributed by atoms with Crippen LogP contribution in [0.25, 0.3) is 11.2 Å². The molecule has 4 rings (SSSR count). The van der Waals surface area contributed by atoms with E-state index in [-0.39, 0.29) is 13.2 Å². The van der Waals surface area contributed by atoms with E-state index in [1.165, 1.54) is 12.7 Å². The standard InChI is InChI=1S/C24H25N7O4/c25-10-17-7-4-8-18(9-17)11-26-21-20-22(28-14-27-21)31(15-29-20)12-19(23(32)33)30-24(34)35-13-16-5-2-1-3-6-16/h1-9,14-15,19H,10-13,25H2,(H,30,34)(H,32,33)(H,26,27,28)/t19-/m1/s1. The number of imidazole rings is 1. The molecule has 2 aromatic heterocycles. The van der Waals surface area contributed by atoms with Gasteiger partial charge in [0.1, 0.15) is 24.5 Å². The van der Waals surface area contributed by atoms with Gasteiger partial charge in [-0.1, -0.05) is 54.6 Å². The van der Waals surface area contributed by atoms with Crippen LogP contribution in [0.15, 0.2) is 67.3 Å². The van der Waals surface area contributed by atoms with Crippen LogP contribution in [0.3, 0.4) is 0 Å². The Kier molecular flexibility index (Phi) is 7.48. The maximum absolute atomic E-state index is 12.2. The Morgan fingerprint density at radius 1 is 1.03 bits per heavy atom. The molecule has 0 bridgehead atoms. The zero-order chi connectivity index (χ0) is 24.6. The molecule has 0 radical (unpaired) electrons. The Bertz CT molecular complexity index is 1310. The first-order valence-electron chi connectivity index (χ1n) is 10.9. The molecule has 0 aliphatic heterocycles. The van der Waals surface area contributed by atoms with Crippen LogP contribution in [-0.4, -0.2) is 42.7 Å². The molecular weight excluding hydrogens is 450 g/mol. The van der Waals surface area contributed by atoms with E-state index in [0.717, 1.165) is 16.7 Å². The van der Waals surface area contributed by atoms with Crippen LogP contribution in [0, 0.1) is 0 Å². The van der Waals surface area contributed by atoms with Gasteiger partial charge in [-0.15, -0.1) is 0 Å². The van der Waals surface area contributed by atoms with Crippen LogP contribution in [0.5, 0.6) is 0 Å². The molecule has 0 unspecified atom stereocenters. The average molecular weight is 476 g/mol. The zero-order valence-electron chi connectivity index (χ0n) is 18.8. The summed E-state index contributed by atoms with van der Waals surface area (Å²) in [6.45, 7) is 0.888. The number of hydrogen-bond donors (Lipinski definition) is 4. The van der Waals surface area contributed by atoms with Gasteiger partial charge >= 0.3 is 12.1 Å². The van der Waals surface area contributed by atoms with Gasteiger partial charge in [0.15, 0.2) is 11.5 Å². The minimum Gasteiger partial charge on any atom is -0.480 e. The van der Waals surface area contributed by atoms with Crippen molar-refractivity contribution in [3.05, 3.63) is 83.9 Å². The number of fused-ring (bicyclic) bond motifs is 1. The van der Waals surface area contributed by atoms with E-state index >= 15 is 0 Å². The molecule has 11 nitrogen and oxygen atoms in total. The predicted octanol–water partition coefficient (Wildman–Crippen LogP) is 2.28. The minimum atomic E-state index is -1.25. The van der Waals surface area contributed by atoms with Crippen molar-refractivity contribution in [1.29, 1.82) is 0 Å². The van der Waals surface area contributed by atoms with E-state index in [0.29, 0.717) is 30.1 Å². The molecule has 4 aromatic rings. The van der Waals surface area contributed by atoms with Crippen LogP contribution < -0.4 is 16.4 Å². The van der Waals surface area contributed by atoms with Crippen molar-refractivity contribution < 1.29 is 19.4 Å². The summed E-state index contributed by atoms with van der Waals surface area (Å²) in [5, 5.41) is 15.2. The number of carbonyl (C=O) groups excluding carboxylic acids is 1. The molecule has 0 aliphatic carbocycles. The van der Waals surface area contributed by atoms with E-state index in [1.807, 2.05) is 42.5 Å². The number of carbonyl (C=O) groups is 2. The molecule has 1 atom stereocenters. The van der Waals surface area contributed by atoms with Crippen molar-refractivity contribution >= 4 is 29.0 Å². The van der Waals surface area contributed by atoms with Crippen LogP contribution in [0.4, 0.5) is 10.6 Å². The molecule has 11 heteroatoms. The molecule has 35 heavy (non-hydrogen) atoms. The van der Waals surface area contributed by atoms with E-state index in [1.54, 1.807) is 16.7 Å². The number of amides is 1. The predicted molar refractivity (Wildman–Crippen MR) is 128 cm³/mol. The highest BCUT2D eigenvalue weighted by Gasteiger charge is 2.23. The van der Waals surface area contributed by atoms with Gasteiger partial charge in [0.25, 0.3) is 0 Å². The number of aliphatic carboxylic acids is 1. The molecule has 1 amide bonds. The lowest BCUT2D eigenvalue weighted by Gasteiger charge is -2.15. The maximum Gasteiger partial charge on any atom is 0.408 e. The summed E-state index contributed by atoms with van der Waals surface area (Å²) < 4.78 is 6.69. The third kappa shape index (κ3) is 6.09. The smallest absolute Gasteiger partial charge is 0.408 e. The van der Waals surface area contributed by atoms with E-state index in [2.05, 4.69) is 25.6 Å². The molecule has 2 aromatic carbocycles. The summed E-state index contributed by atoms with van der Waals surface area (Å²) in [6.07, 6.45) is 2.01. The fourth-order valence-corrected chi connectivity index (χ4v) is 3.49. The number of nitrogens with zero attached hydrogens (tertiary/aromatic N) is 4. The lowest BCUT2D eigenvalue weighted by molar-refractivity contribution is -0.139. The van der Waals surface area contributed by atoms with Crippen molar-refractivity contribution in [2.45, 2.75) is 32.3 Å². The van der Waals surface area contributed by atoms with E-state index in [4.69, 9.17) is 10.5 Å². The van der Waals surface area contributed by atoms with Crippen LogP contribution in [0.1, 0.15) is 16.7 Å². The number of aromatic nitrogens is 4. The highest BCUT2D eigenvalue weighted by atomic mass is 16.5. The summed E-state index contributed by atoms with van der Waals surface area (Å²) in [5.74, 6) is -0.704. The fourth-order valence-electron chi connectivity index (χ4n) is 3.49. The molecule has 2 heterocycles. The van der Waals surface area contributed by atoms with Crippen molar-refractivity contribution in [3.63, 3.8) is 0 Å². The zero-order valence-corrected chi connectivity index (χ0v) is 18.8. The van der Waals surface area contributed by atoms with Gasteiger partial charge in [0.05, 0.1) is 12.9 Å². The molecule has 5 N–H and O–H groups in total. The van der Waals surface area contributed by atoms with Crippen molar-refractivity contribution in [3.8, 4) is 0 Å². The van der Waals surface area contributed by atoms with Gasteiger partial charge in [-0.2, -0.15) is 0 Å².